The van der Waals surface area contributed by atoms with Crippen LogP contribution in [0.15, 0.2) is 47.2 Å². The molecule has 3 amide bonds. The first-order chi connectivity index (χ1) is 20.0. The van der Waals surface area contributed by atoms with E-state index >= 15 is 0 Å². The summed E-state index contributed by atoms with van der Waals surface area (Å²) in [6.07, 6.45) is 3.51. The van der Waals surface area contributed by atoms with Crippen LogP contribution in [0, 0.1) is 19.8 Å². The number of benzene rings is 1. The first kappa shape index (κ1) is 31.5. The fourth-order valence-corrected chi connectivity index (χ4v) is 7.18. The van der Waals surface area contributed by atoms with Crippen LogP contribution in [0.3, 0.4) is 0 Å². The normalized spacial score (nSPS) is 16.4. The monoisotopic (exact) mass is 611 g/mol. The lowest BCUT2D eigenvalue weighted by Crippen LogP contribution is -2.58. The first-order valence-corrected chi connectivity index (χ1v) is 15.5. The smallest absolute Gasteiger partial charge is 0.335 e. The van der Waals surface area contributed by atoms with E-state index < -0.39 is 17.5 Å². The van der Waals surface area contributed by atoms with Gasteiger partial charge in [-0.15, -0.1) is 0 Å². The minimum atomic E-state index is -1.01. The molecule has 1 aromatic carbocycles. The number of nitrogens with zero attached hydrogens (tertiary/aromatic N) is 2. The average Bonchev–Trinajstić information content (AvgIpc) is 3.44. The maximum atomic E-state index is 13.4. The van der Waals surface area contributed by atoms with Crippen molar-refractivity contribution in [1.29, 1.82) is 0 Å². The van der Waals surface area contributed by atoms with E-state index in [4.69, 9.17) is 17.3 Å². The van der Waals surface area contributed by atoms with Gasteiger partial charge < -0.3 is 21.5 Å². The predicted molar refractivity (Wildman–Crippen MR) is 165 cm³/mol. The van der Waals surface area contributed by atoms with Crippen molar-refractivity contribution in [1.82, 2.24) is 20.5 Å². The number of rotatable bonds is 11. The molecule has 0 spiro atoms. The molecule has 2 atom stereocenters. The van der Waals surface area contributed by atoms with E-state index in [2.05, 4.69) is 32.8 Å². The highest BCUT2D eigenvalue weighted by Crippen LogP contribution is 2.40. The highest BCUT2D eigenvalue weighted by Gasteiger charge is 2.44. The molecular formula is C31H38ClN5O4S. The van der Waals surface area contributed by atoms with E-state index in [0.29, 0.717) is 35.9 Å². The molecule has 2 aromatic heterocycles. The molecule has 1 saturated heterocycles. The number of carbonyl (C=O) groups excluding carboxylic acids is 2. The van der Waals surface area contributed by atoms with E-state index in [-0.39, 0.29) is 23.6 Å². The summed E-state index contributed by atoms with van der Waals surface area (Å²) < 4.78 is 0. The zero-order chi connectivity index (χ0) is 30.4. The number of carbonyl (C=O) groups is 3. The predicted octanol–water partition coefficient (Wildman–Crippen LogP) is 5.49. The second-order valence-electron chi connectivity index (χ2n) is 11.0. The quantitative estimate of drug-likeness (QED) is 0.212. The fraction of sp³-hybridized carbons (Fsp3) is 0.419. The van der Waals surface area contributed by atoms with Gasteiger partial charge in [-0.3, -0.25) is 9.69 Å². The number of carboxylic acid groups (broad SMARTS) is 1. The summed E-state index contributed by atoms with van der Waals surface area (Å²) in [6.45, 7) is 7.14. The van der Waals surface area contributed by atoms with Gasteiger partial charge in [0, 0.05) is 19.5 Å². The average molecular weight is 612 g/mol. The molecule has 0 bridgehead atoms. The van der Waals surface area contributed by atoms with Crippen LogP contribution in [-0.2, 0) is 12.0 Å². The van der Waals surface area contributed by atoms with E-state index in [1.165, 1.54) is 0 Å². The maximum absolute atomic E-state index is 13.4. The Morgan fingerprint density at radius 3 is 2.43 bits per heavy atom. The number of likely N-dealkylation sites (tertiary alicyclic amines) is 1. The molecular weight excluding hydrogens is 574 g/mol. The van der Waals surface area contributed by atoms with Gasteiger partial charge in [-0.2, -0.15) is 11.3 Å². The number of urea groups is 1. The van der Waals surface area contributed by atoms with Crippen LogP contribution < -0.4 is 16.4 Å². The summed E-state index contributed by atoms with van der Waals surface area (Å²) in [5.74, 6) is -1.17. The second-order valence-corrected chi connectivity index (χ2v) is 12.1. The number of nitrogens with one attached hydrogen (secondary N) is 2. The van der Waals surface area contributed by atoms with Crippen molar-refractivity contribution in [2.45, 2.75) is 64.6 Å². The number of thiophene rings is 1. The van der Waals surface area contributed by atoms with Gasteiger partial charge in [0.05, 0.1) is 28.5 Å². The molecule has 2 unspecified atom stereocenters. The number of piperidine rings is 1. The summed E-state index contributed by atoms with van der Waals surface area (Å²) in [5.41, 5.74) is 8.92. The zero-order valence-electron chi connectivity index (χ0n) is 24.2. The number of pyridine rings is 1. The van der Waals surface area contributed by atoms with Crippen molar-refractivity contribution in [3.8, 4) is 0 Å². The SMILES string of the molecule is CCCC(NC(=O)c1c(C)cc(Cl)nc1C)N1CCC(C(Cc2ccsc2)(NC(N)=O)c2ccc(C(=O)O)cc2)CC1. The molecule has 0 radical (unpaired) electrons. The lowest BCUT2D eigenvalue weighted by atomic mass is 9.70. The van der Waals surface area contributed by atoms with Crippen LogP contribution in [-0.4, -0.2) is 52.2 Å². The fourth-order valence-electron chi connectivity index (χ4n) is 6.22. The Labute approximate surface area is 255 Å². The summed E-state index contributed by atoms with van der Waals surface area (Å²) >= 11 is 7.67. The van der Waals surface area contributed by atoms with Gasteiger partial charge in [-0.05, 0) is 90.7 Å². The van der Waals surface area contributed by atoms with Crippen molar-refractivity contribution in [2.75, 3.05) is 13.1 Å². The number of aromatic nitrogens is 1. The molecule has 1 aliphatic rings. The number of primary amides is 1. The number of nitrogens with two attached hydrogens (primary N) is 1. The minimum absolute atomic E-state index is 0.0137. The van der Waals surface area contributed by atoms with Crippen LogP contribution >= 0.6 is 22.9 Å². The molecule has 9 nitrogen and oxygen atoms in total. The van der Waals surface area contributed by atoms with Gasteiger partial charge in [-0.25, -0.2) is 14.6 Å². The largest absolute Gasteiger partial charge is 0.478 e. The molecule has 224 valence electrons. The summed E-state index contributed by atoms with van der Waals surface area (Å²) in [4.78, 5) is 44.0. The van der Waals surface area contributed by atoms with Gasteiger partial charge in [0.1, 0.15) is 5.15 Å². The molecule has 3 aromatic rings. The van der Waals surface area contributed by atoms with Crippen LogP contribution in [0.1, 0.15) is 75.7 Å². The van der Waals surface area contributed by atoms with Crippen LogP contribution in [0.2, 0.25) is 5.15 Å². The Balaban J connectivity index is 1.59. The van der Waals surface area contributed by atoms with E-state index in [1.807, 2.05) is 18.4 Å². The lowest BCUT2D eigenvalue weighted by molar-refractivity contribution is 0.0579. The molecule has 11 heteroatoms. The third kappa shape index (κ3) is 7.11. The number of aryl methyl sites for hydroxylation is 2. The molecule has 0 aliphatic carbocycles. The van der Waals surface area contributed by atoms with Gasteiger partial charge in [-0.1, -0.05) is 37.1 Å². The topological polar surface area (TPSA) is 138 Å². The highest BCUT2D eigenvalue weighted by atomic mass is 35.5. The van der Waals surface area contributed by atoms with Crippen molar-refractivity contribution in [3.05, 3.63) is 85.8 Å². The van der Waals surface area contributed by atoms with Crippen molar-refractivity contribution in [2.24, 2.45) is 11.7 Å². The van der Waals surface area contributed by atoms with Crippen molar-refractivity contribution < 1.29 is 19.5 Å². The van der Waals surface area contributed by atoms with Crippen LogP contribution in [0.25, 0.3) is 0 Å². The number of amides is 3. The Kier molecular flexibility index (Phi) is 10.2. The molecule has 42 heavy (non-hydrogen) atoms. The van der Waals surface area contributed by atoms with Crippen LogP contribution in [0.5, 0.6) is 0 Å². The Morgan fingerprint density at radius 1 is 1.19 bits per heavy atom. The summed E-state index contributed by atoms with van der Waals surface area (Å²) in [5, 5.41) is 20.2. The van der Waals surface area contributed by atoms with Crippen LogP contribution in [0.4, 0.5) is 4.79 Å². The number of hydrogen-bond donors (Lipinski definition) is 4. The number of aromatic carboxylic acids is 1. The zero-order valence-corrected chi connectivity index (χ0v) is 25.7. The molecule has 1 fully saturated rings. The second kappa shape index (κ2) is 13.7. The molecule has 3 heterocycles. The van der Waals surface area contributed by atoms with Crippen molar-refractivity contribution >= 4 is 40.8 Å². The van der Waals surface area contributed by atoms with Crippen molar-refractivity contribution in [3.63, 3.8) is 0 Å². The first-order valence-electron chi connectivity index (χ1n) is 14.1. The van der Waals surface area contributed by atoms with Gasteiger partial charge in [0.25, 0.3) is 5.91 Å². The van der Waals surface area contributed by atoms with Gasteiger partial charge in [0.15, 0.2) is 0 Å². The third-order valence-electron chi connectivity index (χ3n) is 8.18. The summed E-state index contributed by atoms with van der Waals surface area (Å²) in [6, 6.07) is 9.80. The lowest BCUT2D eigenvalue weighted by Gasteiger charge is -2.47. The number of carboxylic acids is 1. The number of hydrogen-bond acceptors (Lipinski definition) is 6. The van der Waals surface area contributed by atoms with E-state index in [9.17, 15) is 19.5 Å². The Morgan fingerprint density at radius 2 is 1.88 bits per heavy atom. The summed E-state index contributed by atoms with van der Waals surface area (Å²) in [7, 11) is 0. The molecule has 1 aliphatic heterocycles. The highest BCUT2D eigenvalue weighted by molar-refractivity contribution is 7.07. The van der Waals surface area contributed by atoms with E-state index in [1.54, 1.807) is 48.6 Å². The minimum Gasteiger partial charge on any atom is -0.478 e. The Bertz CT molecular complexity index is 1380. The molecule has 0 saturated carbocycles. The van der Waals surface area contributed by atoms with Gasteiger partial charge >= 0.3 is 12.0 Å². The van der Waals surface area contributed by atoms with E-state index in [0.717, 1.165) is 42.4 Å². The molecule has 5 N–H and O–H groups in total. The maximum Gasteiger partial charge on any atom is 0.335 e. The standard InChI is InChI=1S/C31H38ClN5O4S/c1-4-5-26(35-28(38)27-19(2)16-25(32)34-20(27)3)37-13-10-24(11-14-37)31(36-30(33)41,17-21-12-15-42-18-21)23-8-6-22(7-9-23)29(39)40/h6-9,12,15-16,18,24,26H,4-5,10-11,13-14,17H2,1-3H3,(H,35,38)(H,39,40)(H3,33,36,41). The Hall–Kier alpha value is -3.47. The molecule has 4 rings (SSSR count). The van der Waals surface area contributed by atoms with Gasteiger partial charge in [0.2, 0.25) is 0 Å². The third-order valence-corrected chi connectivity index (χ3v) is 9.10. The number of halogens is 1.